The molecule has 0 bridgehead atoms. The van der Waals surface area contributed by atoms with Crippen LogP contribution in [0, 0.1) is 12.7 Å². The number of hydrogen-bond donors (Lipinski definition) is 2. The Morgan fingerprint density at radius 3 is 2.54 bits per heavy atom. The van der Waals surface area contributed by atoms with Crippen molar-refractivity contribution in [2.24, 2.45) is 0 Å². The number of aryl methyl sites for hydroxylation is 1. The van der Waals surface area contributed by atoms with Gasteiger partial charge in [0.15, 0.2) is 5.82 Å². The second-order valence-corrected chi connectivity index (χ2v) is 5.99. The zero-order chi connectivity index (χ0) is 18.4. The molecule has 0 saturated carbocycles. The first-order valence-electron chi connectivity index (χ1n) is 8.39. The van der Waals surface area contributed by atoms with Gasteiger partial charge in [0.1, 0.15) is 17.6 Å². The van der Waals surface area contributed by atoms with Gasteiger partial charge in [0, 0.05) is 12.6 Å². The lowest BCUT2D eigenvalue weighted by Crippen LogP contribution is -2.34. The molecule has 0 aliphatic heterocycles. The van der Waals surface area contributed by atoms with Gasteiger partial charge in [-0.15, -0.1) is 0 Å². The van der Waals surface area contributed by atoms with E-state index in [0.717, 1.165) is 11.1 Å². The predicted octanol–water partition coefficient (Wildman–Crippen LogP) is 3.63. The number of anilines is 1. The molecule has 1 heterocycles. The van der Waals surface area contributed by atoms with Crippen molar-refractivity contribution in [3.63, 3.8) is 0 Å². The van der Waals surface area contributed by atoms with Crippen LogP contribution in [0.3, 0.4) is 0 Å². The fourth-order valence-electron chi connectivity index (χ4n) is 2.64. The van der Waals surface area contributed by atoms with E-state index in [1.807, 2.05) is 30.3 Å². The summed E-state index contributed by atoms with van der Waals surface area (Å²) in [6.45, 7) is 2.33. The van der Waals surface area contributed by atoms with Crippen molar-refractivity contribution in [3.8, 4) is 0 Å². The smallest absolute Gasteiger partial charge is 0.247 e. The van der Waals surface area contributed by atoms with E-state index < -0.39 is 6.04 Å². The number of hydrogen-bond acceptors (Lipinski definition) is 4. The van der Waals surface area contributed by atoms with Gasteiger partial charge in [-0.3, -0.25) is 4.79 Å². The van der Waals surface area contributed by atoms with Crippen LogP contribution in [0.2, 0.25) is 0 Å². The number of carbonyl (C=O) groups excluding carboxylic acids is 1. The first-order chi connectivity index (χ1) is 12.6. The van der Waals surface area contributed by atoms with Crippen LogP contribution in [0.25, 0.3) is 0 Å². The van der Waals surface area contributed by atoms with Crippen molar-refractivity contribution in [3.05, 3.63) is 83.4 Å². The zero-order valence-corrected chi connectivity index (χ0v) is 14.4. The Balaban J connectivity index is 1.67. The molecule has 0 aliphatic carbocycles. The summed E-state index contributed by atoms with van der Waals surface area (Å²) in [7, 11) is 0. The number of halogens is 1. The number of rotatable bonds is 7. The molecule has 134 valence electrons. The maximum absolute atomic E-state index is 13.0. The third-order valence-corrected chi connectivity index (χ3v) is 3.95. The van der Waals surface area contributed by atoms with Gasteiger partial charge in [-0.05, 0) is 36.6 Å². The van der Waals surface area contributed by atoms with Crippen LogP contribution >= 0.6 is 0 Å². The molecule has 6 heteroatoms. The van der Waals surface area contributed by atoms with E-state index in [0.29, 0.717) is 24.5 Å². The van der Waals surface area contributed by atoms with Crippen LogP contribution in [0.4, 0.5) is 10.2 Å². The first-order valence-corrected chi connectivity index (χ1v) is 8.39. The van der Waals surface area contributed by atoms with Gasteiger partial charge in [0.05, 0.1) is 0 Å². The molecule has 0 radical (unpaired) electrons. The summed E-state index contributed by atoms with van der Waals surface area (Å²) in [5, 5.41) is 9.82. The summed E-state index contributed by atoms with van der Waals surface area (Å²) < 4.78 is 18.0. The minimum Gasteiger partial charge on any atom is -0.360 e. The minimum absolute atomic E-state index is 0.219. The van der Waals surface area contributed by atoms with Crippen LogP contribution in [0.5, 0.6) is 0 Å². The monoisotopic (exact) mass is 353 g/mol. The van der Waals surface area contributed by atoms with Gasteiger partial charge in [-0.1, -0.05) is 47.6 Å². The highest BCUT2D eigenvalue weighted by atomic mass is 19.1. The largest absolute Gasteiger partial charge is 0.360 e. The molecule has 3 aromatic rings. The molecule has 0 spiro atoms. The third-order valence-electron chi connectivity index (χ3n) is 3.95. The molecule has 1 unspecified atom stereocenters. The van der Waals surface area contributed by atoms with Gasteiger partial charge in [-0.2, -0.15) is 0 Å². The standard InChI is InChI=1S/C20H20FN3O2/c1-14-13-18(24-26-14)23-20(25)19(16-5-3-2-4-6-16)22-12-11-15-7-9-17(21)10-8-15/h2-10,13,19,22H,11-12H2,1H3,(H,23,24,25). The van der Waals surface area contributed by atoms with Crippen LogP contribution in [-0.4, -0.2) is 17.6 Å². The van der Waals surface area contributed by atoms with E-state index in [2.05, 4.69) is 15.8 Å². The summed E-state index contributed by atoms with van der Waals surface area (Å²) in [4.78, 5) is 12.7. The topological polar surface area (TPSA) is 67.2 Å². The molecule has 2 N–H and O–H groups in total. The molecule has 0 saturated heterocycles. The van der Waals surface area contributed by atoms with Crippen LogP contribution < -0.4 is 10.6 Å². The van der Waals surface area contributed by atoms with Crippen molar-refractivity contribution in [1.29, 1.82) is 0 Å². The van der Waals surface area contributed by atoms with Gasteiger partial charge in [0.2, 0.25) is 5.91 Å². The fourth-order valence-corrected chi connectivity index (χ4v) is 2.64. The van der Waals surface area contributed by atoms with E-state index in [1.54, 1.807) is 25.1 Å². The Kier molecular flexibility index (Phi) is 5.76. The number of benzene rings is 2. The lowest BCUT2D eigenvalue weighted by molar-refractivity contribution is -0.118. The van der Waals surface area contributed by atoms with E-state index in [1.165, 1.54) is 12.1 Å². The summed E-state index contributed by atoms with van der Waals surface area (Å²) in [6.07, 6.45) is 0.681. The highest BCUT2D eigenvalue weighted by molar-refractivity contribution is 5.94. The Morgan fingerprint density at radius 1 is 1.15 bits per heavy atom. The van der Waals surface area contributed by atoms with Crippen LogP contribution in [-0.2, 0) is 11.2 Å². The van der Waals surface area contributed by atoms with Gasteiger partial charge >= 0.3 is 0 Å². The molecule has 2 aromatic carbocycles. The van der Waals surface area contributed by atoms with Crippen molar-refractivity contribution in [2.45, 2.75) is 19.4 Å². The summed E-state index contributed by atoms with van der Waals surface area (Å²) in [5.41, 5.74) is 1.85. The van der Waals surface area contributed by atoms with Gasteiger partial charge < -0.3 is 15.2 Å². The summed E-state index contributed by atoms with van der Waals surface area (Å²) in [5.74, 6) is 0.532. The van der Waals surface area contributed by atoms with E-state index in [4.69, 9.17) is 4.52 Å². The van der Waals surface area contributed by atoms with E-state index in [-0.39, 0.29) is 11.7 Å². The molecule has 0 fully saturated rings. The van der Waals surface area contributed by atoms with Crippen molar-refractivity contribution >= 4 is 11.7 Å². The maximum Gasteiger partial charge on any atom is 0.247 e. The molecule has 3 rings (SSSR count). The van der Waals surface area contributed by atoms with Crippen molar-refractivity contribution < 1.29 is 13.7 Å². The SMILES string of the molecule is Cc1cc(NC(=O)C(NCCc2ccc(F)cc2)c2ccccc2)no1. The molecular weight excluding hydrogens is 333 g/mol. The first kappa shape index (κ1) is 17.8. The normalized spacial score (nSPS) is 11.9. The molecule has 1 amide bonds. The number of nitrogens with zero attached hydrogens (tertiary/aromatic N) is 1. The van der Waals surface area contributed by atoms with E-state index >= 15 is 0 Å². The zero-order valence-electron chi connectivity index (χ0n) is 14.4. The lowest BCUT2D eigenvalue weighted by Gasteiger charge is -2.18. The predicted molar refractivity (Wildman–Crippen MR) is 97.2 cm³/mol. The van der Waals surface area contributed by atoms with Crippen LogP contribution in [0.15, 0.2) is 65.2 Å². The molecule has 5 nitrogen and oxygen atoms in total. The van der Waals surface area contributed by atoms with Crippen molar-refractivity contribution in [2.75, 3.05) is 11.9 Å². The Labute approximate surface area is 151 Å². The Morgan fingerprint density at radius 2 is 1.88 bits per heavy atom. The average Bonchev–Trinajstić information content (AvgIpc) is 3.05. The number of aromatic nitrogens is 1. The Hall–Kier alpha value is -2.99. The Bertz CT molecular complexity index is 847. The average molecular weight is 353 g/mol. The molecule has 26 heavy (non-hydrogen) atoms. The van der Waals surface area contributed by atoms with Gasteiger partial charge in [-0.25, -0.2) is 4.39 Å². The fraction of sp³-hybridized carbons (Fsp3) is 0.200. The minimum atomic E-state index is -0.534. The molecule has 0 aliphatic rings. The van der Waals surface area contributed by atoms with E-state index in [9.17, 15) is 9.18 Å². The molecule has 1 atom stereocenters. The summed E-state index contributed by atoms with van der Waals surface area (Å²) in [6, 6.07) is 16.9. The lowest BCUT2D eigenvalue weighted by atomic mass is 10.1. The highest BCUT2D eigenvalue weighted by Crippen LogP contribution is 2.16. The highest BCUT2D eigenvalue weighted by Gasteiger charge is 2.21. The summed E-state index contributed by atoms with van der Waals surface area (Å²) >= 11 is 0. The number of nitrogens with one attached hydrogen (secondary N) is 2. The van der Waals surface area contributed by atoms with Crippen molar-refractivity contribution in [1.82, 2.24) is 10.5 Å². The molecule has 1 aromatic heterocycles. The third kappa shape index (κ3) is 4.77. The van der Waals surface area contributed by atoms with Crippen LogP contribution in [0.1, 0.15) is 22.9 Å². The second-order valence-electron chi connectivity index (χ2n) is 5.99. The van der Waals surface area contributed by atoms with Gasteiger partial charge in [0.25, 0.3) is 0 Å². The number of amides is 1. The number of carbonyl (C=O) groups is 1. The molecular formula is C20H20FN3O2. The second kappa shape index (κ2) is 8.40. The maximum atomic E-state index is 13.0. The quantitative estimate of drug-likeness (QED) is 0.681.